The summed E-state index contributed by atoms with van der Waals surface area (Å²) in [5.41, 5.74) is 0. The highest BCUT2D eigenvalue weighted by Gasteiger charge is 2.26. The number of nitrogens with one attached hydrogen (secondary N) is 1. The van der Waals surface area contributed by atoms with Crippen LogP contribution in [0.5, 0.6) is 0 Å². The maximum Gasteiger partial charge on any atom is 0.242 e. The number of benzene rings is 1. The molecule has 0 bridgehead atoms. The largest absolute Gasteiger partial charge is 0.379 e. The molecule has 0 amide bonds. The van der Waals surface area contributed by atoms with Gasteiger partial charge >= 0.3 is 0 Å². The van der Waals surface area contributed by atoms with Crippen LogP contribution in [0.15, 0.2) is 46.7 Å². The number of sulfonamides is 1. The molecule has 0 radical (unpaired) electrons. The van der Waals surface area contributed by atoms with Gasteiger partial charge in [-0.25, -0.2) is 13.1 Å². The number of nitrogens with zero attached hydrogens (tertiary/aromatic N) is 1. The molecule has 1 aliphatic rings. The Bertz CT molecular complexity index is 759. The maximum atomic E-state index is 12.6. The summed E-state index contributed by atoms with van der Waals surface area (Å²) in [6, 6.07) is 10.5. The van der Waals surface area contributed by atoms with Gasteiger partial charge in [0, 0.05) is 24.5 Å². The van der Waals surface area contributed by atoms with Crippen molar-refractivity contribution >= 4 is 33.0 Å². The van der Waals surface area contributed by atoms with E-state index in [0.717, 1.165) is 18.0 Å². The lowest BCUT2D eigenvalue weighted by Crippen LogP contribution is -2.43. The first-order valence-electron chi connectivity index (χ1n) is 7.67. The summed E-state index contributed by atoms with van der Waals surface area (Å²) in [6.45, 7) is 3.21. The Kier molecular flexibility index (Phi) is 5.91. The molecule has 0 aliphatic carbocycles. The molecule has 0 saturated carbocycles. The maximum absolute atomic E-state index is 12.6. The van der Waals surface area contributed by atoms with Crippen molar-refractivity contribution in [2.75, 3.05) is 32.8 Å². The Morgan fingerprint density at radius 1 is 1.21 bits per heavy atom. The lowest BCUT2D eigenvalue weighted by atomic mass is 10.2. The molecule has 1 atom stereocenters. The molecule has 130 valence electrons. The van der Waals surface area contributed by atoms with Crippen LogP contribution in [0.3, 0.4) is 0 Å². The van der Waals surface area contributed by atoms with Crippen molar-refractivity contribution in [1.82, 2.24) is 9.62 Å². The summed E-state index contributed by atoms with van der Waals surface area (Å²) in [5, 5.41) is 2.23. The van der Waals surface area contributed by atoms with Crippen LogP contribution in [0, 0.1) is 0 Å². The van der Waals surface area contributed by atoms with Crippen LogP contribution in [0.25, 0.3) is 0 Å². The van der Waals surface area contributed by atoms with Gasteiger partial charge in [-0.05, 0) is 23.6 Å². The number of rotatable bonds is 6. The minimum Gasteiger partial charge on any atom is -0.379 e. The predicted octanol–water partition coefficient (Wildman–Crippen LogP) is 2.75. The second kappa shape index (κ2) is 7.95. The number of ether oxygens (including phenoxy) is 1. The third kappa shape index (κ3) is 4.17. The number of morpholine rings is 1. The highest BCUT2D eigenvalue weighted by Crippen LogP contribution is 2.27. The van der Waals surface area contributed by atoms with Crippen molar-refractivity contribution in [1.29, 1.82) is 0 Å². The van der Waals surface area contributed by atoms with E-state index in [9.17, 15) is 8.42 Å². The van der Waals surface area contributed by atoms with Gasteiger partial charge < -0.3 is 4.74 Å². The summed E-state index contributed by atoms with van der Waals surface area (Å²) < 4.78 is 33.3. The van der Waals surface area contributed by atoms with Crippen LogP contribution in [-0.2, 0) is 14.8 Å². The smallest absolute Gasteiger partial charge is 0.242 e. The van der Waals surface area contributed by atoms with E-state index in [1.54, 1.807) is 29.5 Å². The summed E-state index contributed by atoms with van der Waals surface area (Å²) in [7, 11) is -3.65. The van der Waals surface area contributed by atoms with Crippen LogP contribution in [0.2, 0.25) is 5.02 Å². The quantitative estimate of drug-likeness (QED) is 0.829. The summed E-state index contributed by atoms with van der Waals surface area (Å²) in [5.74, 6) is 0. The Balaban J connectivity index is 1.77. The van der Waals surface area contributed by atoms with Gasteiger partial charge in [0.2, 0.25) is 10.0 Å². The van der Waals surface area contributed by atoms with E-state index in [2.05, 4.69) is 9.62 Å². The zero-order valence-electron chi connectivity index (χ0n) is 13.0. The number of hydrogen-bond acceptors (Lipinski definition) is 5. The van der Waals surface area contributed by atoms with E-state index < -0.39 is 10.0 Å². The molecule has 5 nitrogen and oxygen atoms in total. The number of thiophene rings is 1. The predicted molar refractivity (Wildman–Crippen MR) is 96.1 cm³/mol. The first-order chi connectivity index (χ1) is 11.6. The molecule has 24 heavy (non-hydrogen) atoms. The van der Waals surface area contributed by atoms with Gasteiger partial charge in [0.05, 0.1) is 24.3 Å². The van der Waals surface area contributed by atoms with E-state index in [-0.39, 0.29) is 16.0 Å². The van der Waals surface area contributed by atoms with Crippen molar-refractivity contribution in [3.8, 4) is 0 Å². The molecular weight excluding hydrogens is 368 g/mol. The van der Waals surface area contributed by atoms with Crippen molar-refractivity contribution in [2.45, 2.75) is 10.9 Å². The standard InChI is InChI=1S/C16H19ClN2O3S2/c17-13-4-1-2-6-16(13)24(20,21)18-12-14(15-5-3-11-23-15)19-7-9-22-10-8-19/h1-6,11,14,18H,7-10,12H2. The van der Waals surface area contributed by atoms with Gasteiger partial charge in [-0.3, -0.25) is 4.90 Å². The van der Waals surface area contributed by atoms with Gasteiger partial charge in [-0.2, -0.15) is 0 Å². The van der Waals surface area contributed by atoms with E-state index >= 15 is 0 Å². The van der Waals surface area contributed by atoms with Crippen LogP contribution in [-0.4, -0.2) is 46.2 Å². The van der Waals surface area contributed by atoms with E-state index in [1.165, 1.54) is 6.07 Å². The molecule has 2 heterocycles. The third-order valence-electron chi connectivity index (χ3n) is 3.95. The Morgan fingerprint density at radius 2 is 1.96 bits per heavy atom. The summed E-state index contributed by atoms with van der Waals surface area (Å²) in [6.07, 6.45) is 0. The van der Waals surface area contributed by atoms with Crippen molar-refractivity contribution in [3.63, 3.8) is 0 Å². The molecule has 0 spiro atoms. The van der Waals surface area contributed by atoms with Crippen molar-refractivity contribution in [2.24, 2.45) is 0 Å². The Hall–Kier alpha value is -0.960. The SMILES string of the molecule is O=S(=O)(NCC(c1cccs1)N1CCOCC1)c1ccccc1Cl. The van der Waals surface area contributed by atoms with Gasteiger partial charge in [-0.15, -0.1) is 11.3 Å². The lowest BCUT2D eigenvalue weighted by molar-refractivity contribution is 0.0179. The molecule has 1 N–H and O–H groups in total. The highest BCUT2D eigenvalue weighted by molar-refractivity contribution is 7.89. The lowest BCUT2D eigenvalue weighted by Gasteiger charge is -2.34. The highest BCUT2D eigenvalue weighted by atomic mass is 35.5. The number of hydrogen-bond donors (Lipinski definition) is 1. The Morgan fingerprint density at radius 3 is 2.62 bits per heavy atom. The summed E-state index contributed by atoms with van der Waals surface area (Å²) in [4.78, 5) is 3.50. The molecule has 1 saturated heterocycles. The molecule has 1 aromatic carbocycles. The third-order valence-corrected chi connectivity index (χ3v) is 6.85. The molecule has 1 fully saturated rings. The molecule has 3 rings (SSSR count). The van der Waals surface area contributed by atoms with E-state index in [4.69, 9.17) is 16.3 Å². The molecule has 1 unspecified atom stereocenters. The van der Waals surface area contributed by atoms with E-state index in [1.807, 2.05) is 17.5 Å². The summed E-state index contributed by atoms with van der Waals surface area (Å²) >= 11 is 7.66. The fourth-order valence-corrected chi connectivity index (χ4v) is 5.13. The van der Waals surface area contributed by atoms with Gasteiger partial charge in [-0.1, -0.05) is 29.8 Å². The normalized spacial score (nSPS) is 17.7. The molecule has 1 aliphatic heterocycles. The van der Waals surface area contributed by atoms with Gasteiger partial charge in [0.25, 0.3) is 0 Å². The fraction of sp³-hybridized carbons (Fsp3) is 0.375. The topological polar surface area (TPSA) is 58.6 Å². The van der Waals surface area contributed by atoms with Gasteiger partial charge in [0.15, 0.2) is 0 Å². The Labute approximate surface area is 151 Å². The average molecular weight is 387 g/mol. The average Bonchev–Trinajstić information content (AvgIpc) is 3.10. The first kappa shape index (κ1) is 17.8. The first-order valence-corrected chi connectivity index (χ1v) is 10.4. The van der Waals surface area contributed by atoms with Crippen LogP contribution in [0.1, 0.15) is 10.9 Å². The fourth-order valence-electron chi connectivity index (χ4n) is 2.71. The number of halogens is 1. The van der Waals surface area contributed by atoms with Crippen LogP contribution in [0.4, 0.5) is 0 Å². The monoisotopic (exact) mass is 386 g/mol. The second-order valence-corrected chi connectivity index (χ2v) is 8.58. The van der Waals surface area contributed by atoms with Crippen LogP contribution >= 0.6 is 22.9 Å². The second-order valence-electron chi connectivity index (χ2n) is 5.46. The molecule has 8 heteroatoms. The van der Waals surface area contributed by atoms with E-state index in [0.29, 0.717) is 19.8 Å². The minimum absolute atomic E-state index is 0.00818. The molecule has 2 aromatic rings. The molecular formula is C16H19ClN2O3S2. The van der Waals surface area contributed by atoms with Crippen LogP contribution < -0.4 is 4.72 Å². The minimum atomic E-state index is -3.65. The van der Waals surface area contributed by atoms with Crippen molar-refractivity contribution < 1.29 is 13.2 Å². The molecule has 1 aromatic heterocycles. The van der Waals surface area contributed by atoms with Crippen molar-refractivity contribution in [3.05, 3.63) is 51.7 Å². The zero-order chi connectivity index (χ0) is 17.0. The zero-order valence-corrected chi connectivity index (χ0v) is 15.4. The van der Waals surface area contributed by atoms with Gasteiger partial charge in [0.1, 0.15) is 4.90 Å².